The molecule has 4 aromatic rings. The zero-order chi connectivity index (χ0) is 21.2. The maximum atomic E-state index is 13.5. The van der Waals surface area contributed by atoms with Gasteiger partial charge in [-0.1, -0.05) is 11.3 Å². The Kier molecular flexibility index (Phi) is 5.66. The van der Waals surface area contributed by atoms with E-state index in [-0.39, 0.29) is 5.82 Å². The fourth-order valence-corrected chi connectivity index (χ4v) is 5.36. The maximum Gasteiger partial charge on any atom is 0.229 e. The minimum atomic E-state index is -0.264. The van der Waals surface area contributed by atoms with Gasteiger partial charge >= 0.3 is 0 Å². The van der Waals surface area contributed by atoms with Crippen LogP contribution in [-0.2, 0) is 0 Å². The number of piperidine rings is 1. The number of halogens is 1. The van der Waals surface area contributed by atoms with Crippen LogP contribution < -0.4 is 10.6 Å². The van der Waals surface area contributed by atoms with Crippen molar-refractivity contribution in [1.29, 1.82) is 0 Å². The molecule has 0 bridgehead atoms. The molecule has 0 saturated carbocycles. The molecule has 7 nitrogen and oxygen atoms in total. The lowest BCUT2D eigenvalue weighted by Crippen LogP contribution is -2.26. The molecule has 2 N–H and O–H groups in total. The third-order valence-corrected chi connectivity index (χ3v) is 7.08. The lowest BCUT2D eigenvalue weighted by Gasteiger charge is -2.20. The smallest absolute Gasteiger partial charge is 0.229 e. The summed E-state index contributed by atoms with van der Waals surface area (Å²) in [5, 5.41) is 17.2. The lowest BCUT2D eigenvalue weighted by atomic mass is 9.99. The molecule has 5 rings (SSSR count). The highest BCUT2D eigenvalue weighted by molar-refractivity contribution is 7.16. The fourth-order valence-electron chi connectivity index (χ4n) is 3.55. The van der Waals surface area contributed by atoms with Gasteiger partial charge in [-0.05, 0) is 63.2 Å². The Morgan fingerprint density at radius 3 is 2.58 bits per heavy atom. The Balaban J connectivity index is 1.54. The normalized spacial score (nSPS) is 14.6. The summed E-state index contributed by atoms with van der Waals surface area (Å²) in [6.07, 6.45) is 3.84. The number of thiazole rings is 1. The van der Waals surface area contributed by atoms with Crippen LogP contribution in [0.1, 0.15) is 28.8 Å². The molecule has 0 aliphatic carbocycles. The molecule has 0 amide bonds. The van der Waals surface area contributed by atoms with Crippen LogP contribution in [-0.4, -0.2) is 38.2 Å². The summed E-state index contributed by atoms with van der Waals surface area (Å²) in [7, 11) is 0. The van der Waals surface area contributed by atoms with Crippen LogP contribution in [0.15, 0.2) is 36.5 Å². The molecule has 10 heteroatoms. The van der Waals surface area contributed by atoms with Crippen molar-refractivity contribution in [3.8, 4) is 21.8 Å². The molecule has 4 heterocycles. The summed E-state index contributed by atoms with van der Waals surface area (Å²) >= 11 is 3.11. The fraction of sp³-hybridized carbons (Fsp3) is 0.286. The zero-order valence-electron chi connectivity index (χ0n) is 16.8. The predicted molar refractivity (Wildman–Crippen MR) is 121 cm³/mol. The molecule has 0 atom stereocenters. The molecule has 1 aliphatic rings. The van der Waals surface area contributed by atoms with Crippen molar-refractivity contribution in [1.82, 2.24) is 30.5 Å². The van der Waals surface area contributed by atoms with E-state index in [1.807, 2.05) is 13.0 Å². The number of aryl methyl sites for hydroxylation is 1. The second-order valence-electron chi connectivity index (χ2n) is 7.28. The van der Waals surface area contributed by atoms with Crippen molar-refractivity contribution in [2.24, 2.45) is 0 Å². The number of aromatic nitrogens is 5. The quantitative estimate of drug-likeness (QED) is 0.450. The molecule has 158 valence electrons. The van der Waals surface area contributed by atoms with E-state index in [0.29, 0.717) is 17.0 Å². The van der Waals surface area contributed by atoms with Crippen LogP contribution in [0.3, 0.4) is 0 Å². The molecule has 1 aliphatic heterocycles. The van der Waals surface area contributed by atoms with Crippen molar-refractivity contribution in [2.45, 2.75) is 25.7 Å². The first-order valence-corrected chi connectivity index (χ1v) is 11.7. The Bertz CT molecular complexity index is 1180. The van der Waals surface area contributed by atoms with E-state index in [9.17, 15) is 4.39 Å². The van der Waals surface area contributed by atoms with Gasteiger partial charge in [0.1, 0.15) is 10.8 Å². The van der Waals surface area contributed by atoms with Gasteiger partial charge in [-0.2, -0.15) is 0 Å². The molecule has 1 saturated heterocycles. The van der Waals surface area contributed by atoms with Crippen LogP contribution in [0.4, 0.5) is 15.5 Å². The second kappa shape index (κ2) is 8.74. The van der Waals surface area contributed by atoms with Gasteiger partial charge in [0, 0.05) is 17.7 Å². The third kappa shape index (κ3) is 4.46. The predicted octanol–water partition coefficient (Wildman–Crippen LogP) is 4.78. The summed E-state index contributed by atoms with van der Waals surface area (Å²) in [6.45, 7) is 3.89. The monoisotopic (exact) mass is 453 g/mol. The second-order valence-corrected chi connectivity index (χ2v) is 9.49. The molecule has 3 aromatic heterocycles. The summed E-state index contributed by atoms with van der Waals surface area (Å²) in [5.74, 6) is 0.610. The van der Waals surface area contributed by atoms with E-state index >= 15 is 0 Å². The molecular weight excluding hydrogens is 433 g/mol. The number of hydrogen-bond donors (Lipinski definition) is 2. The van der Waals surface area contributed by atoms with Crippen LogP contribution >= 0.6 is 22.7 Å². The summed E-state index contributed by atoms with van der Waals surface area (Å²) < 4.78 is 13.5. The van der Waals surface area contributed by atoms with E-state index in [1.54, 1.807) is 29.7 Å². The molecule has 0 spiro atoms. The number of nitrogens with zero attached hydrogens (tertiary/aromatic N) is 5. The van der Waals surface area contributed by atoms with Crippen LogP contribution in [0.5, 0.6) is 0 Å². The first-order chi connectivity index (χ1) is 15.2. The van der Waals surface area contributed by atoms with Gasteiger partial charge in [0.2, 0.25) is 11.1 Å². The highest BCUT2D eigenvalue weighted by atomic mass is 32.1. The minimum Gasteiger partial charge on any atom is -0.317 e. The number of hydrogen-bond acceptors (Lipinski definition) is 9. The number of benzene rings is 1. The van der Waals surface area contributed by atoms with Crippen molar-refractivity contribution < 1.29 is 4.39 Å². The van der Waals surface area contributed by atoms with Crippen molar-refractivity contribution in [2.75, 3.05) is 18.4 Å². The van der Waals surface area contributed by atoms with Gasteiger partial charge in [-0.3, -0.25) is 5.32 Å². The van der Waals surface area contributed by atoms with E-state index in [2.05, 4.69) is 25.8 Å². The SMILES string of the molecule is Cc1nnc(Nc2nccc(-c3sc(C4CCNCC4)nc3-c3ccc(F)cc3)n2)s1. The number of anilines is 2. The van der Waals surface area contributed by atoms with Gasteiger partial charge in [0.05, 0.1) is 21.3 Å². The molecule has 1 aromatic carbocycles. The van der Waals surface area contributed by atoms with Crippen molar-refractivity contribution >= 4 is 33.8 Å². The van der Waals surface area contributed by atoms with E-state index < -0.39 is 0 Å². The molecular formula is C21H20FN7S2. The lowest BCUT2D eigenvalue weighted by molar-refractivity contribution is 0.459. The van der Waals surface area contributed by atoms with Gasteiger partial charge in [0.15, 0.2) is 0 Å². The summed E-state index contributed by atoms with van der Waals surface area (Å²) in [4.78, 5) is 15.0. The zero-order valence-corrected chi connectivity index (χ0v) is 18.4. The average Bonchev–Trinajstić information content (AvgIpc) is 3.42. The summed E-state index contributed by atoms with van der Waals surface area (Å²) in [5.41, 5.74) is 2.48. The van der Waals surface area contributed by atoms with Crippen LogP contribution in [0.25, 0.3) is 21.8 Å². The topological polar surface area (TPSA) is 88.5 Å². The standard InChI is InChI=1S/C21H20FN7S2/c1-12-28-29-21(30-12)27-20-24-11-8-16(25-20)18-17(13-2-4-15(22)5-3-13)26-19(31-18)14-6-9-23-10-7-14/h2-5,8,11,14,23H,6-7,9-10H2,1H3,(H,24,25,27,29). The van der Waals surface area contributed by atoms with E-state index in [4.69, 9.17) is 9.97 Å². The van der Waals surface area contributed by atoms with Crippen molar-refractivity contribution in [3.63, 3.8) is 0 Å². The first-order valence-electron chi connectivity index (χ1n) is 10.0. The number of nitrogens with one attached hydrogen (secondary N) is 2. The van der Waals surface area contributed by atoms with E-state index in [0.717, 1.165) is 57.8 Å². The molecule has 31 heavy (non-hydrogen) atoms. The Morgan fingerprint density at radius 1 is 1.03 bits per heavy atom. The van der Waals surface area contributed by atoms with Gasteiger partial charge in [0.25, 0.3) is 0 Å². The van der Waals surface area contributed by atoms with Crippen LogP contribution in [0, 0.1) is 12.7 Å². The number of rotatable bonds is 5. The highest BCUT2D eigenvalue weighted by Gasteiger charge is 2.23. The maximum absolute atomic E-state index is 13.5. The van der Waals surface area contributed by atoms with Gasteiger partial charge in [-0.15, -0.1) is 21.5 Å². The molecule has 0 unspecified atom stereocenters. The van der Waals surface area contributed by atoms with Gasteiger partial charge < -0.3 is 5.32 Å². The molecule has 1 fully saturated rings. The van der Waals surface area contributed by atoms with Crippen LogP contribution in [0.2, 0.25) is 0 Å². The Hall–Kier alpha value is -2.82. The largest absolute Gasteiger partial charge is 0.317 e. The first kappa shape index (κ1) is 20.1. The van der Waals surface area contributed by atoms with Crippen molar-refractivity contribution in [3.05, 3.63) is 52.4 Å². The summed E-state index contributed by atoms with van der Waals surface area (Å²) in [6, 6.07) is 8.35. The third-order valence-electron chi connectivity index (χ3n) is 5.08. The molecule has 0 radical (unpaired) electrons. The Labute approximate surface area is 186 Å². The van der Waals surface area contributed by atoms with E-state index in [1.165, 1.54) is 23.5 Å². The van der Waals surface area contributed by atoms with Gasteiger partial charge in [-0.25, -0.2) is 19.3 Å². The highest BCUT2D eigenvalue weighted by Crippen LogP contribution is 2.40. The average molecular weight is 454 g/mol. The Morgan fingerprint density at radius 2 is 1.84 bits per heavy atom. The minimum absolute atomic E-state index is 0.264.